The predicted octanol–water partition coefficient (Wildman–Crippen LogP) is 3.74. The zero-order valence-electron chi connectivity index (χ0n) is 18.0. The molecular weight excluding hydrogens is 434 g/mol. The smallest absolute Gasteiger partial charge is 0.336 e. The Balaban J connectivity index is 1.33. The summed E-state index contributed by atoms with van der Waals surface area (Å²) in [5, 5.41) is 23.6. The Morgan fingerprint density at radius 1 is 0.971 bits per heavy atom. The third kappa shape index (κ3) is 3.95. The number of amides is 3. The van der Waals surface area contributed by atoms with E-state index in [0.29, 0.717) is 24.0 Å². The Morgan fingerprint density at radius 3 is 2.53 bits per heavy atom. The summed E-state index contributed by atoms with van der Waals surface area (Å²) in [6, 6.07) is 19.6. The largest absolute Gasteiger partial charge is 0.478 e. The molecule has 34 heavy (non-hydrogen) atoms. The van der Waals surface area contributed by atoms with Gasteiger partial charge in [-0.1, -0.05) is 60.7 Å². The van der Waals surface area contributed by atoms with Gasteiger partial charge in [-0.3, -0.25) is 9.89 Å². The number of rotatable bonds is 5. The molecule has 9 nitrogen and oxygen atoms in total. The molecule has 3 aromatic carbocycles. The quantitative estimate of drug-likeness (QED) is 0.365. The zero-order valence-corrected chi connectivity index (χ0v) is 18.0. The Morgan fingerprint density at radius 2 is 1.74 bits per heavy atom. The van der Waals surface area contributed by atoms with Gasteiger partial charge in [-0.15, -0.1) is 0 Å². The molecule has 0 unspecified atom stereocenters. The van der Waals surface area contributed by atoms with Gasteiger partial charge in [0.25, 0.3) is 5.91 Å². The number of carbonyl (C=O) groups is 3. The summed E-state index contributed by atoms with van der Waals surface area (Å²) in [6.45, 7) is 1.00. The first-order chi connectivity index (χ1) is 16.5. The number of benzene rings is 3. The number of carboxylic acid groups (broad SMARTS) is 1. The number of aromatic carboxylic acids is 1. The minimum Gasteiger partial charge on any atom is -0.478 e. The van der Waals surface area contributed by atoms with Crippen molar-refractivity contribution in [3.8, 4) is 0 Å². The number of anilines is 1. The maximum absolute atomic E-state index is 13.2. The maximum Gasteiger partial charge on any atom is 0.336 e. The van der Waals surface area contributed by atoms with Gasteiger partial charge in [0.2, 0.25) is 0 Å². The van der Waals surface area contributed by atoms with Crippen LogP contribution in [0.4, 0.5) is 10.6 Å². The number of hydrogen-bond donors (Lipinski definition) is 4. The minimum atomic E-state index is -1.19. The average Bonchev–Trinajstić information content (AvgIpc) is 3.44. The standard InChI is InChI=1S/C25H21N5O4/c31-23(21-17-9-5-4-8-16(17)10-11-18(21)24(32)33)27-22-19-13-30(14-20(19)28-29-22)25(34)26-12-15-6-2-1-3-7-15/h1-11H,12-14H2,(H,26,34)(H,32,33)(H2,27,28,29,31). The van der Waals surface area contributed by atoms with Crippen LogP contribution in [0.25, 0.3) is 10.8 Å². The fraction of sp³-hybridized carbons (Fsp3) is 0.120. The first-order valence-corrected chi connectivity index (χ1v) is 10.7. The molecule has 0 bridgehead atoms. The summed E-state index contributed by atoms with van der Waals surface area (Å²) in [6.07, 6.45) is 0. The van der Waals surface area contributed by atoms with Crippen LogP contribution >= 0.6 is 0 Å². The van der Waals surface area contributed by atoms with Crippen LogP contribution in [0, 0.1) is 0 Å². The van der Waals surface area contributed by atoms with E-state index in [0.717, 1.165) is 16.6 Å². The number of fused-ring (bicyclic) bond motifs is 2. The van der Waals surface area contributed by atoms with Gasteiger partial charge in [-0.05, 0) is 22.4 Å². The van der Waals surface area contributed by atoms with Gasteiger partial charge in [0, 0.05) is 12.1 Å². The Kier molecular flexibility index (Phi) is 5.43. The highest BCUT2D eigenvalue weighted by atomic mass is 16.4. The zero-order chi connectivity index (χ0) is 23.7. The Bertz CT molecular complexity index is 1410. The second-order valence-electron chi connectivity index (χ2n) is 8.00. The van der Waals surface area contributed by atoms with Crippen LogP contribution in [-0.2, 0) is 19.6 Å². The lowest BCUT2D eigenvalue weighted by molar-refractivity contribution is 0.0692. The van der Waals surface area contributed by atoms with E-state index in [2.05, 4.69) is 20.8 Å². The predicted molar refractivity (Wildman–Crippen MR) is 125 cm³/mol. The number of nitrogens with zero attached hydrogens (tertiary/aromatic N) is 2. The normalized spacial score (nSPS) is 12.4. The first kappa shape index (κ1) is 21.2. The highest BCUT2D eigenvalue weighted by molar-refractivity contribution is 6.18. The molecule has 5 rings (SSSR count). The molecule has 1 aromatic heterocycles. The lowest BCUT2D eigenvalue weighted by Gasteiger charge is -2.17. The third-order valence-corrected chi connectivity index (χ3v) is 5.84. The number of hydrogen-bond acceptors (Lipinski definition) is 4. The maximum atomic E-state index is 13.2. The van der Waals surface area contributed by atoms with Crippen LogP contribution in [-0.4, -0.2) is 38.1 Å². The van der Waals surface area contributed by atoms with Crippen molar-refractivity contribution in [3.63, 3.8) is 0 Å². The molecule has 0 aliphatic carbocycles. The van der Waals surface area contributed by atoms with Crippen molar-refractivity contribution in [2.75, 3.05) is 5.32 Å². The molecule has 0 radical (unpaired) electrons. The highest BCUT2D eigenvalue weighted by Crippen LogP contribution is 2.29. The summed E-state index contributed by atoms with van der Waals surface area (Å²) in [5.74, 6) is -1.48. The summed E-state index contributed by atoms with van der Waals surface area (Å²) in [7, 11) is 0. The van der Waals surface area contributed by atoms with E-state index in [4.69, 9.17) is 0 Å². The number of aromatic amines is 1. The van der Waals surface area contributed by atoms with E-state index in [1.54, 1.807) is 23.1 Å². The molecule has 4 N–H and O–H groups in total. The molecule has 3 amide bonds. The van der Waals surface area contributed by atoms with E-state index < -0.39 is 11.9 Å². The molecule has 170 valence electrons. The molecule has 0 spiro atoms. The van der Waals surface area contributed by atoms with Crippen molar-refractivity contribution in [1.82, 2.24) is 20.4 Å². The lowest BCUT2D eigenvalue weighted by Crippen LogP contribution is -2.36. The van der Waals surface area contributed by atoms with Crippen molar-refractivity contribution in [2.45, 2.75) is 19.6 Å². The SMILES string of the molecule is O=C(O)c1ccc2ccccc2c1C(=O)Nc1n[nH]c2c1CN(C(=O)NCc1ccccc1)C2. The number of carboxylic acids is 1. The number of H-pyrrole nitrogens is 1. The van der Waals surface area contributed by atoms with Crippen LogP contribution in [0.3, 0.4) is 0 Å². The van der Waals surface area contributed by atoms with Gasteiger partial charge in [0.15, 0.2) is 5.82 Å². The highest BCUT2D eigenvalue weighted by Gasteiger charge is 2.30. The number of nitrogens with one attached hydrogen (secondary N) is 3. The van der Waals surface area contributed by atoms with Crippen LogP contribution in [0.2, 0.25) is 0 Å². The molecule has 2 heterocycles. The topological polar surface area (TPSA) is 127 Å². The van der Waals surface area contributed by atoms with Crippen LogP contribution in [0.1, 0.15) is 37.5 Å². The molecule has 1 aliphatic heterocycles. The fourth-order valence-corrected chi connectivity index (χ4v) is 4.14. The van der Waals surface area contributed by atoms with Gasteiger partial charge in [-0.2, -0.15) is 5.10 Å². The fourth-order valence-electron chi connectivity index (χ4n) is 4.14. The second kappa shape index (κ2) is 8.70. The van der Waals surface area contributed by atoms with E-state index >= 15 is 0 Å². The van der Waals surface area contributed by atoms with Gasteiger partial charge in [0.05, 0.1) is 29.9 Å². The Hall–Kier alpha value is -4.66. The summed E-state index contributed by atoms with van der Waals surface area (Å²) in [4.78, 5) is 39.2. The number of aromatic nitrogens is 2. The van der Waals surface area contributed by atoms with Gasteiger partial charge < -0.3 is 20.6 Å². The molecular formula is C25H21N5O4. The summed E-state index contributed by atoms with van der Waals surface area (Å²) < 4.78 is 0. The average molecular weight is 455 g/mol. The van der Waals surface area contributed by atoms with Crippen molar-refractivity contribution < 1.29 is 19.5 Å². The molecule has 1 aliphatic rings. The van der Waals surface area contributed by atoms with Crippen molar-refractivity contribution in [2.24, 2.45) is 0 Å². The second-order valence-corrected chi connectivity index (χ2v) is 8.00. The monoisotopic (exact) mass is 455 g/mol. The lowest BCUT2D eigenvalue weighted by atomic mass is 9.98. The number of carbonyl (C=O) groups excluding carboxylic acids is 2. The minimum absolute atomic E-state index is 0.0674. The molecule has 9 heteroatoms. The van der Waals surface area contributed by atoms with Crippen molar-refractivity contribution in [1.29, 1.82) is 0 Å². The van der Waals surface area contributed by atoms with Gasteiger partial charge in [-0.25, -0.2) is 9.59 Å². The van der Waals surface area contributed by atoms with Crippen molar-refractivity contribution in [3.05, 3.63) is 94.7 Å². The molecule has 0 saturated carbocycles. The van der Waals surface area contributed by atoms with E-state index in [9.17, 15) is 19.5 Å². The van der Waals surface area contributed by atoms with Gasteiger partial charge in [0.1, 0.15) is 0 Å². The number of urea groups is 1. The van der Waals surface area contributed by atoms with Crippen molar-refractivity contribution >= 4 is 34.5 Å². The van der Waals surface area contributed by atoms with E-state index in [-0.39, 0.29) is 29.5 Å². The van der Waals surface area contributed by atoms with E-state index in [1.165, 1.54) is 6.07 Å². The summed E-state index contributed by atoms with van der Waals surface area (Å²) >= 11 is 0. The molecule has 0 fully saturated rings. The molecule has 0 atom stereocenters. The van der Waals surface area contributed by atoms with Crippen LogP contribution in [0.15, 0.2) is 66.7 Å². The third-order valence-electron chi connectivity index (χ3n) is 5.84. The molecule has 4 aromatic rings. The van der Waals surface area contributed by atoms with Crippen LogP contribution in [0.5, 0.6) is 0 Å². The summed E-state index contributed by atoms with van der Waals surface area (Å²) in [5.41, 5.74) is 2.39. The van der Waals surface area contributed by atoms with Gasteiger partial charge >= 0.3 is 12.0 Å². The van der Waals surface area contributed by atoms with E-state index in [1.807, 2.05) is 42.5 Å². The molecule has 0 saturated heterocycles. The first-order valence-electron chi connectivity index (χ1n) is 10.7. The van der Waals surface area contributed by atoms with Crippen LogP contribution < -0.4 is 10.6 Å². The Labute approximate surface area is 194 Å².